The third kappa shape index (κ3) is 8.69. The van der Waals surface area contributed by atoms with Crippen molar-refractivity contribution in [3.8, 4) is 11.1 Å². The predicted molar refractivity (Wildman–Crippen MR) is 163 cm³/mol. The number of fused-ring (bicyclic) bond motifs is 3. The van der Waals surface area contributed by atoms with Crippen LogP contribution in [0.5, 0.6) is 0 Å². The molecule has 12 heteroatoms. The van der Waals surface area contributed by atoms with Crippen LogP contribution < -0.4 is 21.5 Å². The van der Waals surface area contributed by atoms with Crippen molar-refractivity contribution in [1.29, 1.82) is 0 Å². The number of benzene rings is 2. The number of nitrogens with one attached hydrogen (secondary N) is 4. The van der Waals surface area contributed by atoms with E-state index < -0.39 is 29.8 Å². The first-order valence-electron chi connectivity index (χ1n) is 14.4. The number of anilines is 1. The van der Waals surface area contributed by atoms with Crippen molar-refractivity contribution in [3.05, 3.63) is 83.6 Å². The third-order valence-corrected chi connectivity index (χ3v) is 6.86. The number of hydrogen-bond donors (Lipinski definition) is 5. The highest BCUT2D eigenvalue weighted by Gasteiger charge is 2.29. The zero-order valence-electron chi connectivity index (χ0n) is 24.9. The van der Waals surface area contributed by atoms with Gasteiger partial charge in [0.1, 0.15) is 24.1 Å². The van der Waals surface area contributed by atoms with Gasteiger partial charge in [0.15, 0.2) is 0 Å². The molecule has 12 nitrogen and oxygen atoms in total. The minimum Gasteiger partial charge on any atom is -0.480 e. The first-order chi connectivity index (χ1) is 21.0. The van der Waals surface area contributed by atoms with Crippen molar-refractivity contribution in [2.45, 2.75) is 57.6 Å². The molecule has 1 heterocycles. The Morgan fingerprint density at radius 2 is 1.57 bits per heavy atom. The molecule has 2 aromatic carbocycles. The van der Waals surface area contributed by atoms with Crippen LogP contribution in [0.3, 0.4) is 0 Å². The van der Waals surface area contributed by atoms with Gasteiger partial charge in [0.2, 0.25) is 0 Å². The minimum atomic E-state index is -1.16. The lowest BCUT2D eigenvalue weighted by Crippen LogP contribution is -2.41. The van der Waals surface area contributed by atoms with Crippen LogP contribution in [-0.2, 0) is 14.3 Å². The number of amides is 3. The van der Waals surface area contributed by atoms with Gasteiger partial charge in [-0.05, 0) is 74.4 Å². The molecule has 1 atom stereocenters. The number of rotatable bonds is 12. The second-order valence-electron chi connectivity index (χ2n) is 11.3. The normalized spacial score (nSPS) is 12.7. The van der Waals surface area contributed by atoms with Crippen molar-refractivity contribution in [2.24, 2.45) is 0 Å². The highest BCUT2D eigenvalue weighted by Crippen LogP contribution is 2.44. The minimum absolute atomic E-state index is 0.0877. The van der Waals surface area contributed by atoms with Gasteiger partial charge in [-0.25, -0.2) is 24.8 Å². The Hall–Kier alpha value is -5.13. The SMILES string of the molecule is CC(C)(C)OC(=O)NNc1ccc(C(=O)NCCCCC(NC(=O)OCC2c3ccccc3-c3ccccc32)C(=O)O)cn1. The van der Waals surface area contributed by atoms with Crippen LogP contribution in [-0.4, -0.2) is 58.9 Å². The maximum absolute atomic E-state index is 12.5. The predicted octanol–water partition coefficient (Wildman–Crippen LogP) is 4.83. The van der Waals surface area contributed by atoms with Gasteiger partial charge in [-0.15, -0.1) is 0 Å². The summed E-state index contributed by atoms with van der Waals surface area (Å²) in [7, 11) is 0. The molecule has 0 spiro atoms. The molecule has 0 aliphatic heterocycles. The van der Waals surface area contributed by atoms with Crippen molar-refractivity contribution < 1.29 is 33.8 Å². The Balaban J connectivity index is 1.16. The quantitative estimate of drug-likeness (QED) is 0.144. The molecule has 4 rings (SSSR count). The maximum Gasteiger partial charge on any atom is 0.426 e. The van der Waals surface area contributed by atoms with E-state index >= 15 is 0 Å². The van der Waals surface area contributed by atoms with E-state index in [0.717, 1.165) is 22.3 Å². The van der Waals surface area contributed by atoms with Crippen LogP contribution in [0.2, 0.25) is 0 Å². The Morgan fingerprint density at radius 3 is 2.16 bits per heavy atom. The molecule has 0 saturated heterocycles. The van der Waals surface area contributed by atoms with Crippen LogP contribution in [0.25, 0.3) is 11.1 Å². The number of hydrogen-bond acceptors (Lipinski definition) is 8. The van der Waals surface area contributed by atoms with E-state index in [0.29, 0.717) is 30.8 Å². The van der Waals surface area contributed by atoms with Crippen LogP contribution in [0, 0.1) is 0 Å². The summed E-state index contributed by atoms with van der Waals surface area (Å²) in [5.41, 5.74) is 8.97. The summed E-state index contributed by atoms with van der Waals surface area (Å²) >= 11 is 0. The number of nitrogens with zero attached hydrogens (tertiary/aromatic N) is 1. The average Bonchev–Trinajstić information content (AvgIpc) is 3.31. The lowest BCUT2D eigenvalue weighted by molar-refractivity contribution is -0.139. The summed E-state index contributed by atoms with van der Waals surface area (Å²) < 4.78 is 10.6. The van der Waals surface area contributed by atoms with Crippen molar-refractivity contribution in [2.75, 3.05) is 18.6 Å². The van der Waals surface area contributed by atoms with Gasteiger partial charge in [0, 0.05) is 18.7 Å². The molecule has 3 amide bonds. The number of unbranched alkanes of at least 4 members (excludes halogenated alkanes) is 1. The van der Waals surface area contributed by atoms with Gasteiger partial charge in [0.25, 0.3) is 5.91 Å². The topological polar surface area (TPSA) is 168 Å². The molecule has 0 radical (unpaired) electrons. The Labute approximate surface area is 255 Å². The summed E-state index contributed by atoms with van der Waals surface area (Å²) in [6.07, 6.45) is 1.00. The van der Waals surface area contributed by atoms with Gasteiger partial charge < -0.3 is 25.2 Å². The molecule has 5 N–H and O–H groups in total. The number of hydrazine groups is 1. The van der Waals surface area contributed by atoms with Crippen molar-refractivity contribution in [1.82, 2.24) is 21.0 Å². The molecule has 44 heavy (non-hydrogen) atoms. The largest absolute Gasteiger partial charge is 0.480 e. The first-order valence-corrected chi connectivity index (χ1v) is 14.4. The van der Waals surface area contributed by atoms with E-state index in [1.165, 1.54) is 12.3 Å². The van der Waals surface area contributed by atoms with Crippen LogP contribution >= 0.6 is 0 Å². The summed E-state index contributed by atoms with van der Waals surface area (Å²) in [4.78, 5) is 52.5. The molecule has 0 saturated carbocycles. The summed E-state index contributed by atoms with van der Waals surface area (Å²) in [6.45, 7) is 5.62. The molecule has 3 aromatic rings. The first kappa shape index (κ1) is 31.8. The smallest absolute Gasteiger partial charge is 0.426 e. The lowest BCUT2D eigenvalue weighted by Gasteiger charge is -2.19. The van der Waals surface area contributed by atoms with E-state index in [1.54, 1.807) is 26.8 Å². The number of aromatic nitrogens is 1. The summed E-state index contributed by atoms with van der Waals surface area (Å²) in [6, 6.07) is 17.9. The second kappa shape index (κ2) is 14.4. The fourth-order valence-electron chi connectivity index (χ4n) is 4.84. The number of pyridine rings is 1. The fraction of sp³-hybridized carbons (Fsp3) is 0.344. The van der Waals surface area contributed by atoms with Crippen molar-refractivity contribution >= 4 is 29.9 Å². The zero-order valence-corrected chi connectivity index (χ0v) is 24.9. The zero-order chi connectivity index (χ0) is 31.7. The summed E-state index contributed by atoms with van der Waals surface area (Å²) in [5.74, 6) is -1.33. The van der Waals surface area contributed by atoms with Gasteiger partial charge in [-0.3, -0.25) is 10.2 Å². The number of alkyl carbamates (subject to hydrolysis) is 1. The van der Waals surface area contributed by atoms with Crippen LogP contribution in [0.1, 0.15) is 67.4 Å². The number of carbonyl (C=O) groups excluding carboxylic acids is 3. The van der Waals surface area contributed by atoms with E-state index in [1.807, 2.05) is 48.5 Å². The molecule has 1 unspecified atom stereocenters. The Kier molecular flexibility index (Phi) is 10.4. The number of ether oxygens (including phenoxy) is 2. The van der Waals surface area contributed by atoms with Crippen molar-refractivity contribution in [3.63, 3.8) is 0 Å². The maximum atomic E-state index is 12.5. The third-order valence-electron chi connectivity index (χ3n) is 6.86. The van der Waals surface area contributed by atoms with Gasteiger partial charge in [-0.2, -0.15) is 0 Å². The molecular weight excluding hydrogens is 566 g/mol. The van der Waals surface area contributed by atoms with Gasteiger partial charge >= 0.3 is 18.2 Å². The number of carboxylic acid groups (broad SMARTS) is 1. The second-order valence-corrected chi connectivity index (χ2v) is 11.3. The molecular formula is C32H37N5O7. The number of aliphatic carboxylic acids is 1. The molecule has 1 aliphatic carbocycles. The molecule has 1 aromatic heterocycles. The fourth-order valence-corrected chi connectivity index (χ4v) is 4.84. The van der Waals surface area contributed by atoms with Crippen LogP contribution in [0.15, 0.2) is 66.9 Å². The van der Waals surface area contributed by atoms with E-state index in [4.69, 9.17) is 9.47 Å². The van der Waals surface area contributed by atoms with Gasteiger partial charge in [-0.1, -0.05) is 48.5 Å². The molecule has 0 bridgehead atoms. The van der Waals surface area contributed by atoms with E-state index in [2.05, 4.69) is 26.5 Å². The molecule has 0 fully saturated rings. The summed E-state index contributed by atoms with van der Waals surface area (Å²) in [5, 5.41) is 14.8. The van der Waals surface area contributed by atoms with E-state index in [-0.39, 0.29) is 24.9 Å². The highest BCUT2D eigenvalue weighted by atomic mass is 16.6. The lowest BCUT2D eigenvalue weighted by atomic mass is 9.98. The average molecular weight is 604 g/mol. The Morgan fingerprint density at radius 1 is 0.909 bits per heavy atom. The number of carboxylic acids is 1. The van der Waals surface area contributed by atoms with Gasteiger partial charge in [0.05, 0.1) is 5.56 Å². The molecule has 1 aliphatic rings. The highest BCUT2D eigenvalue weighted by molar-refractivity contribution is 5.94. The monoisotopic (exact) mass is 603 g/mol. The number of carbonyl (C=O) groups is 4. The standard InChI is InChI=1S/C32H37N5O7/c1-32(2,3)44-31(42)37-36-27-16-15-20(18-34-27)28(38)33-17-9-8-14-26(29(39)40)35-30(41)43-19-25-23-12-6-4-10-21(23)22-11-5-7-13-24(22)25/h4-7,10-13,15-16,18,25-26H,8-9,14,17,19H2,1-3H3,(H,33,38)(H,34,36)(H,35,41)(H,37,42)(H,39,40). The van der Waals surface area contributed by atoms with E-state index in [9.17, 15) is 24.3 Å². The Bertz CT molecular complexity index is 1440. The van der Waals surface area contributed by atoms with Crippen LogP contribution in [0.4, 0.5) is 15.4 Å². The molecule has 232 valence electrons.